The number of alkyl halides is 3. The number of carbonyl (C=O) groups excluding carboxylic acids is 1. The topological polar surface area (TPSA) is 59.6 Å². The average molecular weight is 312 g/mol. The summed E-state index contributed by atoms with van der Waals surface area (Å²) in [6.07, 6.45) is 0.657. The van der Waals surface area contributed by atoms with E-state index in [0.29, 0.717) is 12.6 Å². The maximum absolute atomic E-state index is 11.8. The molecule has 1 rings (SSSR count). The quantitative estimate of drug-likeness (QED) is 0.675. The molecule has 8 heteroatoms. The first-order chi connectivity index (χ1) is 9.97. The fraction of sp³-hybridized carbons (Fsp3) is 0.923. The van der Waals surface area contributed by atoms with Crippen LogP contribution in [0.15, 0.2) is 0 Å². The molecule has 0 heterocycles. The van der Waals surface area contributed by atoms with Gasteiger partial charge in [0, 0.05) is 19.1 Å². The Morgan fingerprint density at radius 3 is 2.43 bits per heavy atom. The van der Waals surface area contributed by atoms with E-state index in [-0.39, 0.29) is 13.2 Å². The molecule has 0 atom stereocenters. The SMILES string of the molecule is O=C(NCCOCCNC1CCCCC1)OCC(F)(F)F. The summed E-state index contributed by atoms with van der Waals surface area (Å²) in [6.45, 7) is 0.0392. The molecule has 0 bridgehead atoms. The van der Waals surface area contributed by atoms with Gasteiger partial charge < -0.3 is 20.1 Å². The Bertz CT molecular complexity index is 295. The zero-order chi connectivity index (χ0) is 15.6. The van der Waals surface area contributed by atoms with Gasteiger partial charge in [-0.25, -0.2) is 4.79 Å². The Morgan fingerprint density at radius 2 is 1.76 bits per heavy atom. The fourth-order valence-electron chi connectivity index (χ4n) is 2.17. The highest BCUT2D eigenvalue weighted by molar-refractivity contribution is 5.67. The van der Waals surface area contributed by atoms with Gasteiger partial charge in [-0.1, -0.05) is 19.3 Å². The Morgan fingerprint density at radius 1 is 1.10 bits per heavy atom. The first-order valence-electron chi connectivity index (χ1n) is 7.26. The molecule has 1 saturated carbocycles. The maximum atomic E-state index is 11.8. The van der Waals surface area contributed by atoms with Crippen LogP contribution in [0.1, 0.15) is 32.1 Å². The van der Waals surface area contributed by atoms with Crippen molar-refractivity contribution in [2.24, 2.45) is 0 Å². The number of hydrogen-bond donors (Lipinski definition) is 2. The molecule has 21 heavy (non-hydrogen) atoms. The van der Waals surface area contributed by atoms with Crippen LogP contribution in [-0.4, -0.2) is 51.2 Å². The molecule has 0 spiro atoms. The lowest BCUT2D eigenvalue weighted by atomic mass is 9.96. The van der Waals surface area contributed by atoms with Gasteiger partial charge in [-0.15, -0.1) is 0 Å². The Balaban J connectivity index is 1.86. The molecule has 124 valence electrons. The van der Waals surface area contributed by atoms with Crippen molar-refractivity contribution in [1.82, 2.24) is 10.6 Å². The van der Waals surface area contributed by atoms with Crippen LogP contribution in [0.5, 0.6) is 0 Å². The van der Waals surface area contributed by atoms with Gasteiger partial charge in [0.15, 0.2) is 6.61 Å². The summed E-state index contributed by atoms with van der Waals surface area (Å²) >= 11 is 0. The summed E-state index contributed by atoms with van der Waals surface area (Å²) in [4.78, 5) is 10.9. The zero-order valence-corrected chi connectivity index (χ0v) is 12.0. The summed E-state index contributed by atoms with van der Waals surface area (Å²) in [5.41, 5.74) is 0. The number of carbonyl (C=O) groups is 1. The lowest BCUT2D eigenvalue weighted by Gasteiger charge is -2.22. The van der Waals surface area contributed by atoms with Crippen LogP contribution < -0.4 is 10.6 Å². The van der Waals surface area contributed by atoms with Crippen molar-refractivity contribution in [3.8, 4) is 0 Å². The predicted octanol–water partition coefficient (Wildman–Crippen LogP) is 2.21. The summed E-state index contributed by atoms with van der Waals surface area (Å²) in [7, 11) is 0. The smallest absolute Gasteiger partial charge is 0.422 e. The van der Waals surface area contributed by atoms with Gasteiger partial charge in [0.1, 0.15) is 0 Å². The second-order valence-corrected chi connectivity index (χ2v) is 5.02. The first kappa shape index (κ1) is 18.0. The second kappa shape index (κ2) is 9.83. The van der Waals surface area contributed by atoms with Crippen LogP contribution in [0.3, 0.4) is 0 Å². The highest BCUT2D eigenvalue weighted by atomic mass is 19.4. The van der Waals surface area contributed by atoms with E-state index in [1.165, 1.54) is 32.1 Å². The van der Waals surface area contributed by atoms with E-state index in [2.05, 4.69) is 15.4 Å². The van der Waals surface area contributed by atoms with Gasteiger partial charge in [0.25, 0.3) is 0 Å². The number of rotatable bonds is 8. The molecule has 1 aliphatic carbocycles. The van der Waals surface area contributed by atoms with Crippen molar-refractivity contribution in [1.29, 1.82) is 0 Å². The van der Waals surface area contributed by atoms with Crippen molar-refractivity contribution >= 4 is 6.09 Å². The van der Waals surface area contributed by atoms with E-state index in [4.69, 9.17) is 4.74 Å². The third-order valence-corrected chi connectivity index (χ3v) is 3.17. The molecule has 0 saturated heterocycles. The molecule has 0 unspecified atom stereocenters. The molecular formula is C13H23F3N2O3. The van der Waals surface area contributed by atoms with Gasteiger partial charge in [0.05, 0.1) is 13.2 Å². The molecule has 1 fully saturated rings. The highest BCUT2D eigenvalue weighted by Gasteiger charge is 2.29. The third-order valence-electron chi connectivity index (χ3n) is 3.17. The van der Waals surface area contributed by atoms with E-state index >= 15 is 0 Å². The van der Waals surface area contributed by atoms with Crippen LogP contribution >= 0.6 is 0 Å². The molecular weight excluding hydrogens is 289 g/mol. The number of halogens is 3. The highest BCUT2D eigenvalue weighted by Crippen LogP contribution is 2.17. The number of alkyl carbamates (subject to hydrolysis) is 1. The zero-order valence-electron chi connectivity index (χ0n) is 12.0. The minimum Gasteiger partial charge on any atom is -0.440 e. The van der Waals surface area contributed by atoms with Crippen molar-refractivity contribution in [2.75, 3.05) is 32.9 Å². The van der Waals surface area contributed by atoms with Crippen LogP contribution in [0.2, 0.25) is 0 Å². The van der Waals surface area contributed by atoms with Crippen LogP contribution in [-0.2, 0) is 9.47 Å². The minimum absolute atomic E-state index is 0.125. The lowest BCUT2D eigenvalue weighted by molar-refractivity contribution is -0.160. The number of nitrogens with one attached hydrogen (secondary N) is 2. The summed E-state index contributed by atoms with van der Waals surface area (Å²) in [5, 5.41) is 5.59. The number of hydrogen-bond acceptors (Lipinski definition) is 4. The molecule has 5 nitrogen and oxygen atoms in total. The van der Waals surface area contributed by atoms with E-state index in [1.54, 1.807) is 0 Å². The number of amides is 1. The first-order valence-corrected chi connectivity index (χ1v) is 7.26. The predicted molar refractivity (Wildman–Crippen MR) is 71.1 cm³/mol. The average Bonchev–Trinajstić information content (AvgIpc) is 2.44. The standard InChI is InChI=1S/C13H23F3N2O3/c14-13(15,16)10-21-12(19)18-7-9-20-8-6-17-11-4-2-1-3-5-11/h11,17H,1-10H2,(H,18,19). The van der Waals surface area contributed by atoms with Gasteiger partial charge in [-0.3, -0.25) is 0 Å². The second-order valence-electron chi connectivity index (χ2n) is 5.02. The summed E-state index contributed by atoms with van der Waals surface area (Å²) in [6, 6.07) is 0.567. The van der Waals surface area contributed by atoms with Crippen LogP contribution in [0.25, 0.3) is 0 Å². The molecule has 0 aromatic heterocycles. The summed E-state index contributed by atoms with van der Waals surface area (Å²) < 4.78 is 44.5. The largest absolute Gasteiger partial charge is 0.440 e. The van der Waals surface area contributed by atoms with E-state index in [9.17, 15) is 18.0 Å². The molecule has 2 N–H and O–H groups in total. The molecule has 0 aliphatic heterocycles. The number of ether oxygens (including phenoxy) is 2. The third kappa shape index (κ3) is 10.4. The molecule has 1 aliphatic rings. The monoisotopic (exact) mass is 312 g/mol. The van der Waals surface area contributed by atoms with Crippen molar-refractivity contribution < 1.29 is 27.4 Å². The van der Waals surface area contributed by atoms with Gasteiger partial charge >= 0.3 is 12.3 Å². The molecule has 0 radical (unpaired) electrons. The van der Waals surface area contributed by atoms with Gasteiger partial charge in [-0.05, 0) is 12.8 Å². The Labute approximate surface area is 122 Å². The fourth-order valence-corrected chi connectivity index (χ4v) is 2.17. The maximum Gasteiger partial charge on any atom is 0.422 e. The van der Waals surface area contributed by atoms with Gasteiger partial charge in [-0.2, -0.15) is 13.2 Å². The van der Waals surface area contributed by atoms with Crippen LogP contribution in [0, 0.1) is 0 Å². The van der Waals surface area contributed by atoms with Crippen molar-refractivity contribution in [3.63, 3.8) is 0 Å². The van der Waals surface area contributed by atoms with Crippen LogP contribution in [0.4, 0.5) is 18.0 Å². The Hall–Kier alpha value is -1.02. The van der Waals surface area contributed by atoms with E-state index in [1.807, 2.05) is 0 Å². The normalized spacial score (nSPS) is 16.7. The molecule has 0 aromatic rings. The molecule has 0 aromatic carbocycles. The lowest BCUT2D eigenvalue weighted by Crippen LogP contribution is -2.34. The van der Waals surface area contributed by atoms with Crippen molar-refractivity contribution in [3.05, 3.63) is 0 Å². The van der Waals surface area contributed by atoms with Crippen molar-refractivity contribution in [2.45, 2.75) is 44.3 Å². The Kier molecular flexibility index (Phi) is 8.44. The van der Waals surface area contributed by atoms with Gasteiger partial charge in [0.2, 0.25) is 0 Å². The molecule has 1 amide bonds. The van der Waals surface area contributed by atoms with E-state index in [0.717, 1.165) is 6.54 Å². The van der Waals surface area contributed by atoms with E-state index < -0.39 is 18.9 Å². The summed E-state index contributed by atoms with van der Waals surface area (Å²) in [5.74, 6) is 0. The minimum atomic E-state index is -4.50.